The zero-order chi connectivity index (χ0) is 10.1. The van der Waals surface area contributed by atoms with E-state index in [-0.39, 0.29) is 6.04 Å². The minimum absolute atomic E-state index is 0.234. The lowest BCUT2D eigenvalue weighted by molar-refractivity contribution is 0.00219. The SMILES string of the molecule is C=C(C)C(NN)C1CN2CCN1CC2. The smallest absolute Gasteiger partial charge is 0.0582 e. The van der Waals surface area contributed by atoms with Crippen LogP contribution < -0.4 is 11.3 Å². The zero-order valence-corrected chi connectivity index (χ0v) is 8.87. The van der Waals surface area contributed by atoms with Gasteiger partial charge in [0.1, 0.15) is 0 Å². The second-order valence-corrected chi connectivity index (χ2v) is 4.39. The minimum Gasteiger partial charge on any atom is -0.299 e. The lowest BCUT2D eigenvalue weighted by Crippen LogP contribution is -2.67. The Morgan fingerprint density at radius 2 is 2.07 bits per heavy atom. The number of hydrazine groups is 1. The van der Waals surface area contributed by atoms with Crippen LogP contribution >= 0.6 is 0 Å². The Balaban J connectivity index is 2.06. The van der Waals surface area contributed by atoms with Crippen molar-refractivity contribution in [3.63, 3.8) is 0 Å². The third-order valence-electron chi connectivity index (χ3n) is 3.42. The summed E-state index contributed by atoms with van der Waals surface area (Å²) in [5.74, 6) is 5.58. The van der Waals surface area contributed by atoms with E-state index in [2.05, 4.69) is 21.8 Å². The van der Waals surface area contributed by atoms with Gasteiger partial charge in [0.2, 0.25) is 0 Å². The van der Waals surface area contributed by atoms with Gasteiger partial charge in [-0.3, -0.25) is 21.1 Å². The largest absolute Gasteiger partial charge is 0.299 e. The molecule has 3 rings (SSSR count). The molecule has 0 aromatic carbocycles. The van der Waals surface area contributed by atoms with Gasteiger partial charge < -0.3 is 0 Å². The van der Waals surface area contributed by atoms with Gasteiger partial charge in [0.05, 0.1) is 6.04 Å². The van der Waals surface area contributed by atoms with Crippen LogP contribution in [0.15, 0.2) is 12.2 Å². The average Bonchev–Trinajstić information content (AvgIpc) is 2.20. The van der Waals surface area contributed by atoms with Crippen LogP contribution in [0.2, 0.25) is 0 Å². The Bertz CT molecular complexity index is 220. The monoisotopic (exact) mass is 196 g/mol. The third kappa shape index (κ3) is 1.70. The van der Waals surface area contributed by atoms with E-state index in [9.17, 15) is 0 Å². The summed E-state index contributed by atoms with van der Waals surface area (Å²) in [6.45, 7) is 11.9. The summed E-state index contributed by atoms with van der Waals surface area (Å²) >= 11 is 0. The van der Waals surface area contributed by atoms with Crippen LogP contribution in [0.3, 0.4) is 0 Å². The lowest BCUT2D eigenvalue weighted by atomic mass is 9.96. The Kier molecular flexibility index (Phi) is 2.88. The lowest BCUT2D eigenvalue weighted by Gasteiger charge is -2.50. The van der Waals surface area contributed by atoms with E-state index < -0.39 is 0 Å². The Labute approximate surface area is 85.7 Å². The summed E-state index contributed by atoms with van der Waals surface area (Å²) in [6, 6.07) is 0.748. The van der Waals surface area contributed by atoms with Crippen molar-refractivity contribution in [2.45, 2.75) is 19.0 Å². The molecule has 4 nitrogen and oxygen atoms in total. The molecule has 3 aliphatic heterocycles. The van der Waals surface area contributed by atoms with Crippen molar-refractivity contribution in [2.24, 2.45) is 5.84 Å². The molecule has 0 amide bonds. The Morgan fingerprint density at radius 1 is 1.43 bits per heavy atom. The van der Waals surface area contributed by atoms with Gasteiger partial charge in [-0.05, 0) is 6.92 Å². The molecule has 3 heterocycles. The highest BCUT2D eigenvalue weighted by molar-refractivity contribution is 5.09. The fourth-order valence-corrected chi connectivity index (χ4v) is 2.56. The number of nitrogens with zero attached hydrogens (tertiary/aromatic N) is 2. The number of piperazine rings is 3. The first-order valence-corrected chi connectivity index (χ1v) is 5.30. The highest BCUT2D eigenvalue weighted by Crippen LogP contribution is 2.20. The maximum atomic E-state index is 5.58. The molecule has 2 bridgehead atoms. The van der Waals surface area contributed by atoms with Crippen molar-refractivity contribution in [3.8, 4) is 0 Å². The van der Waals surface area contributed by atoms with Crippen molar-refractivity contribution in [1.82, 2.24) is 15.2 Å². The molecule has 0 saturated carbocycles. The van der Waals surface area contributed by atoms with Crippen LogP contribution in [0, 0.1) is 0 Å². The fraction of sp³-hybridized carbons (Fsp3) is 0.800. The number of nitrogens with one attached hydrogen (secondary N) is 1. The second kappa shape index (κ2) is 3.98. The highest BCUT2D eigenvalue weighted by Gasteiger charge is 2.36. The highest BCUT2D eigenvalue weighted by atomic mass is 15.4. The maximum absolute atomic E-state index is 5.58. The molecule has 0 radical (unpaired) electrons. The summed E-state index contributed by atoms with van der Waals surface area (Å²) in [5, 5.41) is 0. The third-order valence-corrected chi connectivity index (χ3v) is 3.42. The van der Waals surface area contributed by atoms with Gasteiger partial charge in [-0.15, -0.1) is 0 Å². The van der Waals surface area contributed by atoms with Crippen LogP contribution in [0.1, 0.15) is 6.92 Å². The van der Waals surface area contributed by atoms with E-state index in [4.69, 9.17) is 5.84 Å². The molecule has 2 atom stereocenters. The molecule has 80 valence electrons. The van der Waals surface area contributed by atoms with Crippen LogP contribution in [0.25, 0.3) is 0 Å². The standard InChI is InChI=1S/C10H20N4/c1-8(2)10(12-11)9-7-13-3-5-14(9)6-4-13/h9-10,12H,1,3-7,11H2,2H3. The predicted molar refractivity (Wildman–Crippen MR) is 57.7 cm³/mol. The maximum Gasteiger partial charge on any atom is 0.0582 e. The van der Waals surface area contributed by atoms with Gasteiger partial charge in [0, 0.05) is 38.8 Å². The van der Waals surface area contributed by atoms with Crippen molar-refractivity contribution in [2.75, 3.05) is 32.7 Å². The van der Waals surface area contributed by atoms with E-state index in [1.54, 1.807) is 0 Å². The first kappa shape index (κ1) is 10.1. The molecule has 2 unspecified atom stereocenters. The number of rotatable bonds is 3. The number of hydrogen-bond acceptors (Lipinski definition) is 4. The second-order valence-electron chi connectivity index (χ2n) is 4.39. The van der Waals surface area contributed by atoms with Crippen molar-refractivity contribution < 1.29 is 0 Å². The minimum atomic E-state index is 0.234. The molecular weight excluding hydrogens is 176 g/mol. The summed E-state index contributed by atoms with van der Waals surface area (Å²) < 4.78 is 0. The first-order chi connectivity index (χ1) is 6.72. The molecule has 3 fully saturated rings. The number of nitrogens with two attached hydrogens (primary N) is 1. The molecule has 0 spiro atoms. The molecule has 0 aromatic heterocycles. The summed E-state index contributed by atoms with van der Waals surface area (Å²) in [7, 11) is 0. The van der Waals surface area contributed by atoms with Crippen LogP contribution in [-0.4, -0.2) is 54.6 Å². The molecule has 4 heteroatoms. The Morgan fingerprint density at radius 3 is 2.43 bits per heavy atom. The molecule has 0 aromatic rings. The van der Waals surface area contributed by atoms with E-state index >= 15 is 0 Å². The van der Waals surface area contributed by atoms with Crippen LogP contribution in [-0.2, 0) is 0 Å². The van der Waals surface area contributed by atoms with Crippen molar-refractivity contribution in [3.05, 3.63) is 12.2 Å². The van der Waals surface area contributed by atoms with Gasteiger partial charge in [-0.1, -0.05) is 12.2 Å². The molecule has 3 N–H and O–H groups in total. The predicted octanol–water partition coefficient (Wildman–Crippen LogP) is -0.606. The summed E-state index contributed by atoms with van der Waals surface area (Å²) in [5.41, 5.74) is 4.02. The van der Waals surface area contributed by atoms with Crippen molar-refractivity contribution >= 4 is 0 Å². The first-order valence-electron chi connectivity index (χ1n) is 5.30. The van der Waals surface area contributed by atoms with E-state index in [0.29, 0.717) is 6.04 Å². The topological polar surface area (TPSA) is 44.5 Å². The van der Waals surface area contributed by atoms with Crippen LogP contribution in [0.4, 0.5) is 0 Å². The van der Waals surface area contributed by atoms with E-state index in [0.717, 1.165) is 12.1 Å². The fourth-order valence-electron chi connectivity index (χ4n) is 2.56. The zero-order valence-electron chi connectivity index (χ0n) is 8.87. The van der Waals surface area contributed by atoms with Gasteiger partial charge in [-0.2, -0.15) is 0 Å². The van der Waals surface area contributed by atoms with Gasteiger partial charge in [0.15, 0.2) is 0 Å². The Hall–Kier alpha value is -0.420. The summed E-state index contributed by atoms with van der Waals surface area (Å²) in [4.78, 5) is 5.04. The summed E-state index contributed by atoms with van der Waals surface area (Å²) in [6.07, 6.45) is 0. The van der Waals surface area contributed by atoms with Gasteiger partial charge in [0.25, 0.3) is 0 Å². The van der Waals surface area contributed by atoms with Crippen molar-refractivity contribution in [1.29, 1.82) is 0 Å². The van der Waals surface area contributed by atoms with E-state index in [1.807, 2.05) is 6.92 Å². The number of fused-ring (bicyclic) bond motifs is 3. The molecular formula is C10H20N4. The molecule has 14 heavy (non-hydrogen) atoms. The number of hydrogen-bond donors (Lipinski definition) is 2. The molecule has 3 saturated heterocycles. The van der Waals surface area contributed by atoms with Crippen LogP contribution in [0.5, 0.6) is 0 Å². The molecule has 0 aliphatic carbocycles. The van der Waals surface area contributed by atoms with Gasteiger partial charge >= 0.3 is 0 Å². The molecule has 3 aliphatic rings. The normalized spacial score (nSPS) is 38.3. The average molecular weight is 196 g/mol. The van der Waals surface area contributed by atoms with E-state index in [1.165, 1.54) is 26.2 Å². The quantitative estimate of drug-likeness (QED) is 0.359. The van der Waals surface area contributed by atoms with Gasteiger partial charge in [-0.25, -0.2) is 0 Å².